The molecule has 0 saturated heterocycles. The summed E-state index contributed by atoms with van der Waals surface area (Å²) in [6, 6.07) is 7.22. The van der Waals surface area contributed by atoms with Crippen LogP contribution in [0.25, 0.3) is 5.69 Å². The van der Waals surface area contributed by atoms with E-state index in [0.29, 0.717) is 16.8 Å². The number of carbonyl (C=O) groups excluding carboxylic acids is 1. The molecule has 1 aromatic carbocycles. The van der Waals surface area contributed by atoms with Gasteiger partial charge in [0, 0.05) is 10.9 Å². The van der Waals surface area contributed by atoms with Gasteiger partial charge >= 0.3 is 0 Å². The number of hydrogen-bond acceptors (Lipinski definition) is 7. The van der Waals surface area contributed by atoms with Crippen LogP contribution in [0.1, 0.15) is 23.9 Å². The molecule has 1 aliphatic rings. The number of anilines is 1. The van der Waals surface area contributed by atoms with Gasteiger partial charge in [0.25, 0.3) is 5.91 Å². The molecule has 0 aliphatic heterocycles. The molecule has 134 valence electrons. The Hall–Kier alpha value is -2.81. The third kappa shape index (κ3) is 3.72. The number of amides is 1. The number of tetrazole rings is 1. The van der Waals surface area contributed by atoms with Crippen molar-refractivity contribution in [2.75, 3.05) is 11.9 Å². The zero-order chi connectivity index (χ0) is 17.9. The van der Waals surface area contributed by atoms with Crippen molar-refractivity contribution in [1.29, 1.82) is 0 Å². The third-order valence-electron chi connectivity index (χ3n) is 4.23. The highest BCUT2D eigenvalue weighted by atomic mass is 32.1. The Bertz CT molecular complexity index is 908. The average molecular weight is 370 g/mol. The Balaban J connectivity index is 1.35. The standard InChI is InChI=1S/C17H18N6O2S/c1-11-5-6-14-15(7-11)26-17(19-14)20-16(24)9-25-13-4-2-3-12(8-13)23-10-18-21-22-23/h2-4,8,10-11H,5-7,9H2,1H3,(H,19,20,24). The average Bonchev–Trinajstić information content (AvgIpc) is 3.29. The smallest absolute Gasteiger partial charge is 0.264 e. The molecule has 2 aromatic heterocycles. The van der Waals surface area contributed by atoms with Gasteiger partial charge in [-0.2, -0.15) is 0 Å². The largest absolute Gasteiger partial charge is 0.484 e. The van der Waals surface area contributed by atoms with Gasteiger partial charge in [-0.25, -0.2) is 9.67 Å². The summed E-state index contributed by atoms with van der Waals surface area (Å²) >= 11 is 1.57. The van der Waals surface area contributed by atoms with E-state index in [9.17, 15) is 4.79 Å². The van der Waals surface area contributed by atoms with Gasteiger partial charge in [0.05, 0.1) is 11.4 Å². The Morgan fingerprint density at radius 3 is 3.23 bits per heavy atom. The summed E-state index contributed by atoms with van der Waals surface area (Å²) in [5, 5.41) is 14.5. The SMILES string of the molecule is CC1CCc2nc(NC(=O)COc3cccc(-n4cnnn4)c3)sc2C1. The molecule has 1 unspecified atom stereocenters. The lowest BCUT2D eigenvalue weighted by atomic mass is 9.93. The maximum Gasteiger partial charge on any atom is 0.264 e. The van der Waals surface area contributed by atoms with Gasteiger partial charge in [0.15, 0.2) is 11.7 Å². The van der Waals surface area contributed by atoms with Crippen LogP contribution in [0.4, 0.5) is 5.13 Å². The summed E-state index contributed by atoms with van der Waals surface area (Å²) in [6.45, 7) is 2.16. The molecule has 0 bridgehead atoms. The van der Waals surface area contributed by atoms with Crippen LogP contribution in [0, 0.1) is 5.92 Å². The van der Waals surface area contributed by atoms with E-state index in [4.69, 9.17) is 4.74 Å². The van der Waals surface area contributed by atoms with Crippen LogP contribution in [0.2, 0.25) is 0 Å². The van der Waals surface area contributed by atoms with Crippen LogP contribution in [0.15, 0.2) is 30.6 Å². The van der Waals surface area contributed by atoms with Crippen LogP contribution in [0.5, 0.6) is 5.75 Å². The predicted octanol–water partition coefficient (Wildman–Crippen LogP) is 2.26. The second-order valence-corrected chi connectivity index (χ2v) is 7.41. The topological polar surface area (TPSA) is 94.8 Å². The van der Waals surface area contributed by atoms with E-state index in [-0.39, 0.29) is 12.5 Å². The van der Waals surface area contributed by atoms with Crippen LogP contribution in [-0.4, -0.2) is 37.7 Å². The molecule has 1 aliphatic carbocycles. The number of carbonyl (C=O) groups is 1. The first kappa shape index (κ1) is 16.6. The number of ether oxygens (including phenoxy) is 1. The maximum absolute atomic E-state index is 12.2. The zero-order valence-corrected chi connectivity index (χ0v) is 15.1. The summed E-state index contributed by atoms with van der Waals surface area (Å²) in [5.74, 6) is 1.03. The summed E-state index contributed by atoms with van der Waals surface area (Å²) in [6.07, 6.45) is 4.69. The Morgan fingerprint density at radius 2 is 2.38 bits per heavy atom. The maximum atomic E-state index is 12.2. The van der Waals surface area contributed by atoms with Crippen molar-refractivity contribution in [1.82, 2.24) is 25.2 Å². The van der Waals surface area contributed by atoms with Gasteiger partial charge in [-0.15, -0.1) is 16.4 Å². The molecule has 26 heavy (non-hydrogen) atoms. The molecule has 0 saturated carbocycles. The van der Waals surface area contributed by atoms with Crippen molar-refractivity contribution >= 4 is 22.4 Å². The molecule has 0 spiro atoms. The summed E-state index contributed by atoms with van der Waals surface area (Å²) in [5.41, 5.74) is 1.88. The first-order chi connectivity index (χ1) is 12.7. The number of aromatic nitrogens is 5. The van der Waals surface area contributed by atoms with E-state index >= 15 is 0 Å². The van der Waals surface area contributed by atoms with E-state index in [2.05, 4.69) is 32.7 Å². The minimum absolute atomic E-state index is 0.0836. The van der Waals surface area contributed by atoms with Crippen LogP contribution in [-0.2, 0) is 17.6 Å². The van der Waals surface area contributed by atoms with Crippen LogP contribution in [0.3, 0.4) is 0 Å². The molecule has 0 radical (unpaired) electrons. The Kier molecular flexibility index (Phi) is 4.61. The van der Waals surface area contributed by atoms with Crippen LogP contribution >= 0.6 is 11.3 Å². The van der Waals surface area contributed by atoms with Crippen molar-refractivity contribution in [2.24, 2.45) is 5.92 Å². The fourth-order valence-electron chi connectivity index (χ4n) is 2.89. The Labute approximate surface area is 154 Å². The van der Waals surface area contributed by atoms with Gasteiger partial charge < -0.3 is 4.74 Å². The molecule has 1 amide bonds. The zero-order valence-electron chi connectivity index (χ0n) is 14.3. The fourth-order valence-corrected chi connectivity index (χ4v) is 4.08. The quantitative estimate of drug-likeness (QED) is 0.740. The first-order valence-electron chi connectivity index (χ1n) is 8.42. The lowest BCUT2D eigenvalue weighted by Crippen LogP contribution is -2.20. The van der Waals surface area contributed by atoms with E-state index in [0.717, 1.165) is 30.6 Å². The Morgan fingerprint density at radius 1 is 1.46 bits per heavy atom. The van der Waals surface area contributed by atoms with E-state index in [1.165, 1.54) is 15.9 Å². The van der Waals surface area contributed by atoms with E-state index in [1.807, 2.05) is 12.1 Å². The number of hydrogen-bond donors (Lipinski definition) is 1. The van der Waals surface area contributed by atoms with Gasteiger partial charge in [-0.05, 0) is 47.7 Å². The highest BCUT2D eigenvalue weighted by Crippen LogP contribution is 2.32. The summed E-state index contributed by atoms with van der Waals surface area (Å²) in [4.78, 5) is 18.0. The molecule has 0 fully saturated rings. The second-order valence-electron chi connectivity index (χ2n) is 6.33. The molecule has 2 heterocycles. The number of benzene rings is 1. The van der Waals surface area contributed by atoms with Crippen LogP contribution < -0.4 is 10.1 Å². The molecule has 8 nitrogen and oxygen atoms in total. The summed E-state index contributed by atoms with van der Waals surface area (Å²) < 4.78 is 7.10. The number of rotatable bonds is 5. The molecule has 1 N–H and O–H groups in total. The second kappa shape index (κ2) is 7.20. The minimum atomic E-state index is -0.225. The van der Waals surface area contributed by atoms with E-state index in [1.54, 1.807) is 23.5 Å². The van der Waals surface area contributed by atoms with Crippen molar-refractivity contribution in [3.05, 3.63) is 41.2 Å². The van der Waals surface area contributed by atoms with Crippen molar-refractivity contribution in [3.63, 3.8) is 0 Å². The van der Waals surface area contributed by atoms with Crippen molar-refractivity contribution in [3.8, 4) is 11.4 Å². The normalized spacial score (nSPS) is 16.1. The number of aryl methyl sites for hydroxylation is 1. The van der Waals surface area contributed by atoms with E-state index < -0.39 is 0 Å². The molecular formula is C17H18N6O2S. The van der Waals surface area contributed by atoms with Crippen molar-refractivity contribution < 1.29 is 9.53 Å². The monoisotopic (exact) mass is 370 g/mol. The number of fused-ring (bicyclic) bond motifs is 1. The van der Waals surface area contributed by atoms with Gasteiger partial charge in [0.2, 0.25) is 0 Å². The lowest BCUT2D eigenvalue weighted by Gasteiger charge is -2.15. The molecule has 1 atom stereocenters. The number of nitrogens with one attached hydrogen (secondary N) is 1. The van der Waals surface area contributed by atoms with Gasteiger partial charge in [-0.3, -0.25) is 10.1 Å². The first-order valence-corrected chi connectivity index (χ1v) is 9.23. The van der Waals surface area contributed by atoms with Gasteiger partial charge in [0.1, 0.15) is 12.1 Å². The fraction of sp³-hybridized carbons (Fsp3) is 0.353. The molecule has 3 aromatic rings. The van der Waals surface area contributed by atoms with Crippen molar-refractivity contribution in [2.45, 2.75) is 26.2 Å². The highest BCUT2D eigenvalue weighted by Gasteiger charge is 2.20. The predicted molar refractivity (Wildman–Crippen MR) is 96.6 cm³/mol. The van der Waals surface area contributed by atoms with Gasteiger partial charge in [-0.1, -0.05) is 13.0 Å². The third-order valence-corrected chi connectivity index (χ3v) is 5.27. The number of thiazole rings is 1. The molecule has 9 heteroatoms. The molecular weight excluding hydrogens is 352 g/mol. The highest BCUT2D eigenvalue weighted by molar-refractivity contribution is 7.15. The number of nitrogens with zero attached hydrogens (tertiary/aromatic N) is 5. The lowest BCUT2D eigenvalue weighted by molar-refractivity contribution is -0.118. The molecule has 4 rings (SSSR count). The minimum Gasteiger partial charge on any atom is -0.484 e. The summed E-state index contributed by atoms with van der Waals surface area (Å²) in [7, 11) is 0.